The largest absolute Gasteiger partial charge is 0.451 e. The van der Waals surface area contributed by atoms with Gasteiger partial charge in [-0.05, 0) is 55.3 Å². The topological polar surface area (TPSA) is 62.6 Å². The zero-order valence-electron chi connectivity index (χ0n) is 17.4. The Kier molecular flexibility index (Phi) is 6.47. The van der Waals surface area contributed by atoms with E-state index >= 15 is 0 Å². The van der Waals surface area contributed by atoms with Gasteiger partial charge in [0.2, 0.25) is 5.76 Å². The third-order valence-electron chi connectivity index (χ3n) is 5.50. The summed E-state index contributed by atoms with van der Waals surface area (Å²) in [5.74, 6) is -2.36. The minimum Gasteiger partial charge on any atom is -0.451 e. The number of alkyl halides is 3. The lowest BCUT2D eigenvalue weighted by atomic mass is 10.0. The molecule has 2 aromatic carbocycles. The van der Waals surface area contributed by atoms with Gasteiger partial charge in [-0.1, -0.05) is 29.8 Å². The second-order valence-corrected chi connectivity index (χ2v) is 8.20. The standard InChI is InChI=1S/C24H20ClF3N2O3/c25-17-8-6-15(7-9-17)20-14-19(21(33-20)24(26,27)28)23(32)30-12-10-18(11-13-30)29-22(31)16-4-2-1-3-5-16/h1-9,14,18H,10-13H2,(H,29,31). The van der Waals surface area contributed by atoms with Gasteiger partial charge in [0, 0.05) is 35.3 Å². The number of rotatable bonds is 4. The maximum Gasteiger partial charge on any atom is 0.450 e. The van der Waals surface area contributed by atoms with Gasteiger partial charge in [-0.25, -0.2) is 0 Å². The van der Waals surface area contributed by atoms with E-state index in [2.05, 4.69) is 5.32 Å². The van der Waals surface area contributed by atoms with Gasteiger partial charge < -0.3 is 14.6 Å². The highest BCUT2D eigenvalue weighted by Crippen LogP contribution is 2.38. The molecule has 2 amide bonds. The number of hydrogen-bond acceptors (Lipinski definition) is 3. The van der Waals surface area contributed by atoms with Gasteiger partial charge in [-0.15, -0.1) is 0 Å². The molecular formula is C24H20ClF3N2O3. The summed E-state index contributed by atoms with van der Waals surface area (Å²) >= 11 is 5.84. The van der Waals surface area contributed by atoms with E-state index in [0.717, 1.165) is 6.07 Å². The quantitative estimate of drug-likeness (QED) is 0.529. The van der Waals surface area contributed by atoms with Crippen molar-refractivity contribution in [1.29, 1.82) is 0 Å². The van der Waals surface area contributed by atoms with Crippen LogP contribution in [0.2, 0.25) is 5.02 Å². The minimum atomic E-state index is -4.82. The molecule has 33 heavy (non-hydrogen) atoms. The number of halogens is 4. The third kappa shape index (κ3) is 5.22. The van der Waals surface area contributed by atoms with E-state index in [-0.39, 0.29) is 30.8 Å². The predicted molar refractivity (Wildman–Crippen MR) is 117 cm³/mol. The number of carbonyl (C=O) groups excluding carboxylic acids is 2. The number of nitrogens with zero attached hydrogens (tertiary/aromatic N) is 1. The predicted octanol–water partition coefficient (Wildman–Crippen LogP) is 5.65. The van der Waals surface area contributed by atoms with Crippen LogP contribution in [-0.2, 0) is 6.18 Å². The summed E-state index contributed by atoms with van der Waals surface area (Å²) in [6.45, 7) is 0.439. The van der Waals surface area contributed by atoms with Gasteiger partial charge in [0.15, 0.2) is 0 Å². The molecule has 1 aliphatic heterocycles. The van der Waals surface area contributed by atoms with E-state index in [1.807, 2.05) is 6.07 Å². The Bertz CT molecular complexity index is 1140. The summed E-state index contributed by atoms with van der Waals surface area (Å²) < 4.78 is 45.9. The summed E-state index contributed by atoms with van der Waals surface area (Å²) in [5, 5.41) is 3.34. The average molecular weight is 477 g/mol. The van der Waals surface area contributed by atoms with Crippen LogP contribution in [0, 0.1) is 0 Å². The van der Waals surface area contributed by atoms with Crippen molar-refractivity contribution in [3.8, 4) is 11.3 Å². The van der Waals surface area contributed by atoms with E-state index < -0.39 is 23.4 Å². The first-order chi connectivity index (χ1) is 15.7. The molecule has 0 spiro atoms. The Morgan fingerprint density at radius 3 is 2.24 bits per heavy atom. The van der Waals surface area contributed by atoms with Crippen molar-refractivity contribution in [3.05, 3.63) is 82.6 Å². The number of benzene rings is 2. The van der Waals surface area contributed by atoms with Gasteiger partial charge in [-0.2, -0.15) is 13.2 Å². The molecule has 1 fully saturated rings. The van der Waals surface area contributed by atoms with Gasteiger partial charge in [0.1, 0.15) is 5.76 Å². The van der Waals surface area contributed by atoms with E-state index in [9.17, 15) is 22.8 Å². The second-order valence-electron chi connectivity index (χ2n) is 7.76. The van der Waals surface area contributed by atoms with Crippen LogP contribution in [0.15, 0.2) is 65.1 Å². The van der Waals surface area contributed by atoms with Crippen molar-refractivity contribution in [2.45, 2.75) is 25.1 Å². The van der Waals surface area contributed by atoms with Crippen LogP contribution in [0.1, 0.15) is 39.3 Å². The van der Waals surface area contributed by atoms with Crippen molar-refractivity contribution < 1.29 is 27.2 Å². The van der Waals surface area contributed by atoms with Crippen molar-refractivity contribution in [2.75, 3.05) is 13.1 Å². The number of hydrogen-bond donors (Lipinski definition) is 1. The van der Waals surface area contributed by atoms with Crippen LogP contribution in [0.4, 0.5) is 13.2 Å². The fourth-order valence-corrected chi connectivity index (χ4v) is 3.90. The number of furan rings is 1. The molecule has 1 saturated heterocycles. The van der Waals surface area contributed by atoms with Crippen LogP contribution < -0.4 is 5.32 Å². The average Bonchev–Trinajstić information content (AvgIpc) is 3.26. The van der Waals surface area contributed by atoms with Crippen LogP contribution in [0.5, 0.6) is 0 Å². The SMILES string of the molecule is O=C(NC1CCN(C(=O)c2cc(-c3ccc(Cl)cc3)oc2C(F)(F)F)CC1)c1ccccc1. The Hall–Kier alpha value is -3.26. The Morgan fingerprint density at radius 2 is 1.64 bits per heavy atom. The molecule has 9 heteroatoms. The maximum absolute atomic E-state index is 13.6. The molecule has 1 N–H and O–H groups in total. The van der Waals surface area contributed by atoms with Crippen LogP contribution in [0.25, 0.3) is 11.3 Å². The van der Waals surface area contributed by atoms with Gasteiger partial charge in [0.05, 0.1) is 5.56 Å². The molecular weight excluding hydrogens is 457 g/mol. The van der Waals surface area contributed by atoms with Crippen molar-refractivity contribution in [1.82, 2.24) is 10.2 Å². The molecule has 0 saturated carbocycles. The number of nitrogens with one attached hydrogen (secondary N) is 1. The molecule has 2 heterocycles. The molecule has 4 rings (SSSR count). The van der Waals surface area contributed by atoms with Crippen LogP contribution in [-0.4, -0.2) is 35.8 Å². The summed E-state index contributed by atoms with van der Waals surface area (Å²) in [6.07, 6.45) is -3.95. The van der Waals surface area contributed by atoms with Crippen LogP contribution in [0.3, 0.4) is 0 Å². The molecule has 3 aromatic rings. The molecule has 0 bridgehead atoms. The Morgan fingerprint density at radius 1 is 1.00 bits per heavy atom. The van der Waals surface area contributed by atoms with E-state index in [4.69, 9.17) is 16.0 Å². The summed E-state index contributed by atoms with van der Waals surface area (Å²) in [4.78, 5) is 26.7. The van der Waals surface area contributed by atoms with E-state index in [0.29, 0.717) is 29.0 Å². The van der Waals surface area contributed by atoms with Gasteiger partial charge in [-0.3, -0.25) is 9.59 Å². The normalized spacial score (nSPS) is 14.8. The van der Waals surface area contributed by atoms with Crippen molar-refractivity contribution >= 4 is 23.4 Å². The first kappa shape index (κ1) is 22.9. The number of piperidine rings is 1. The highest BCUT2D eigenvalue weighted by atomic mass is 35.5. The molecule has 0 atom stereocenters. The highest BCUT2D eigenvalue weighted by molar-refractivity contribution is 6.30. The highest BCUT2D eigenvalue weighted by Gasteiger charge is 2.42. The molecule has 1 aliphatic rings. The third-order valence-corrected chi connectivity index (χ3v) is 5.75. The first-order valence-corrected chi connectivity index (χ1v) is 10.7. The Balaban J connectivity index is 1.47. The fourth-order valence-electron chi connectivity index (χ4n) is 3.77. The van der Waals surface area contributed by atoms with E-state index in [1.165, 1.54) is 29.2 Å². The number of carbonyl (C=O) groups is 2. The molecule has 172 valence electrons. The van der Waals surface area contributed by atoms with Crippen molar-refractivity contribution in [3.63, 3.8) is 0 Å². The van der Waals surface area contributed by atoms with Gasteiger partial charge >= 0.3 is 6.18 Å². The molecule has 5 nitrogen and oxygen atoms in total. The lowest BCUT2D eigenvalue weighted by Gasteiger charge is -2.32. The molecule has 1 aromatic heterocycles. The molecule has 0 unspecified atom stereocenters. The smallest absolute Gasteiger partial charge is 0.450 e. The molecule has 0 aliphatic carbocycles. The Labute approximate surface area is 193 Å². The summed E-state index contributed by atoms with van der Waals surface area (Å²) in [5.41, 5.74) is 0.379. The maximum atomic E-state index is 13.6. The lowest BCUT2D eigenvalue weighted by Crippen LogP contribution is -2.46. The van der Waals surface area contributed by atoms with E-state index in [1.54, 1.807) is 24.3 Å². The first-order valence-electron chi connectivity index (χ1n) is 10.3. The summed E-state index contributed by atoms with van der Waals surface area (Å²) in [7, 11) is 0. The number of likely N-dealkylation sites (tertiary alicyclic amines) is 1. The zero-order valence-corrected chi connectivity index (χ0v) is 18.1. The van der Waals surface area contributed by atoms with Crippen molar-refractivity contribution in [2.24, 2.45) is 0 Å². The van der Waals surface area contributed by atoms with Crippen LogP contribution >= 0.6 is 11.6 Å². The zero-order chi connectivity index (χ0) is 23.6. The lowest BCUT2D eigenvalue weighted by molar-refractivity contribution is -0.153. The second kappa shape index (κ2) is 9.31. The minimum absolute atomic E-state index is 0.0626. The summed E-state index contributed by atoms with van der Waals surface area (Å²) in [6, 6.07) is 15.8. The van der Waals surface area contributed by atoms with Gasteiger partial charge in [0.25, 0.3) is 11.8 Å². The molecule has 0 radical (unpaired) electrons. The monoisotopic (exact) mass is 476 g/mol. The fraction of sp³-hybridized carbons (Fsp3) is 0.250. The number of amides is 2.